The van der Waals surface area contributed by atoms with Gasteiger partial charge in [-0.25, -0.2) is 9.78 Å². The van der Waals surface area contributed by atoms with Crippen LogP contribution < -0.4 is 10.3 Å². The van der Waals surface area contributed by atoms with E-state index in [2.05, 4.69) is 9.88 Å². The van der Waals surface area contributed by atoms with Gasteiger partial charge in [0.15, 0.2) is 10.6 Å². The van der Waals surface area contributed by atoms with Gasteiger partial charge >= 0.3 is 5.97 Å². The van der Waals surface area contributed by atoms with Gasteiger partial charge in [-0.05, 0) is 19.8 Å². The van der Waals surface area contributed by atoms with E-state index < -0.39 is 11.4 Å². The summed E-state index contributed by atoms with van der Waals surface area (Å²) < 4.78 is 10.2. The minimum atomic E-state index is -0.662. The smallest absolute Gasteiger partial charge is 0.345 e. The molecule has 0 atom stereocenters. The van der Waals surface area contributed by atoms with Crippen LogP contribution in [0.3, 0.4) is 0 Å². The van der Waals surface area contributed by atoms with Crippen molar-refractivity contribution in [3.8, 4) is 10.6 Å². The maximum Gasteiger partial charge on any atom is 0.345 e. The zero-order valence-corrected chi connectivity index (χ0v) is 13.0. The Morgan fingerprint density at radius 3 is 2.91 bits per heavy atom. The number of carbonyl (C=O) groups is 1. The van der Waals surface area contributed by atoms with Crippen molar-refractivity contribution in [2.75, 3.05) is 24.6 Å². The number of hydrogen-bond acceptors (Lipinski definition) is 7. The summed E-state index contributed by atoms with van der Waals surface area (Å²) in [6.45, 7) is 3.93. The molecule has 22 heavy (non-hydrogen) atoms. The van der Waals surface area contributed by atoms with Crippen molar-refractivity contribution in [2.24, 2.45) is 0 Å². The highest BCUT2D eigenvalue weighted by molar-refractivity contribution is 7.18. The van der Waals surface area contributed by atoms with Crippen LogP contribution in [0.15, 0.2) is 27.7 Å². The average Bonchev–Trinajstić information content (AvgIpc) is 3.18. The fourth-order valence-electron chi connectivity index (χ4n) is 2.33. The van der Waals surface area contributed by atoms with Crippen LogP contribution in [0.5, 0.6) is 0 Å². The van der Waals surface area contributed by atoms with Gasteiger partial charge in [0, 0.05) is 19.2 Å². The van der Waals surface area contributed by atoms with Crippen molar-refractivity contribution >= 4 is 22.4 Å². The molecule has 0 N–H and O–H groups in total. The summed E-state index contributed by atoms with van der Waals surface area (Å²) in [5, 5.41) is 0.935. The minimum Gasteiger partial charge on any atom is -0.462 e. The third-order valence-corrected chi connectivity index (χ3v) is 4.51. The molecule has 3 heterocycles. The number of esters is 1. The number of anilines is 1. The normalized spacial score (nSPS) is 14.3. The molecule has 2 aromatic heterocycles. The van der Waals surface area contributed by atoms with Crippen LogP contribution in [0.2, 0.25) is 0 Å². The van der Waals surface area contributed by atoms with Crippen molar-refractivity contribution in [1.29, 1.82) is 0 Å². The molecule has 1 aliphatic rings. The summed E-state index contributed by atoms with van der Waals surface area (Å²) in [6, 6.07) is 1.31. The van der Waals surface area contributed by atoms with Crippen LogP contribution in [0.25, 0.3) is 10.6 Å². The topological polar surface area (TPSA) is 72.6 Å². The quantitative estimate of drug-likeness (QED) is 0.806. The zero-order chi connectivity index (χ0) is 15.5. The van der Waals surface area contributed by atoms with Gasteiger partial charge in [0.2, 0.25) is 0 Å². The Hall–Kier alpha value is -2.15. The van der Waals surface area contributed by atoms with Crippen molar-refractivity contribution in [2.45, 2.75) is 19.8 Å². The fraction of sp³-hybridized carbons (Fsp3) is 0.400. The SMILES string of the molecule is CCOC(=O)c1coc(-c2cnc(N3CCCC3)s2)cc1=O. The van der Waals surface area contributed by atoms with Gasteiger partial charge in [0.05, 0.1) is 17.7 Å². The molecule has 0 saturated carbocycles. The molecule has 7 heteroatoms. The first-order chi connectivity index (χ1) is 10.7. The van der Waals surface area contributed by atoms with Gasteiger partial charge in [0.1, 0.15) is 17.6 Å². The number of aromatic nitrogens is 1. The van der Waals surface area contributed by atoms with Crippen LogP contribution in [0.4, 0.5) is 5.13 Å². The first-order valence-electron chi connectivity index (χ1n) is 7.20. The standard InChI is InChI=1S/C15H16N2O4S/c1-2-20-14(19)10-9-21-12(7-11(10)18)13-8-16-15(22-13)17-5-3-4-6-17/h7-9H,2-6H2,1H3. The number of thiazole rings is 1. The Morgan fingerprint density at radius 2 is 2.23 bits per heavy atom. The summed E-state index contributed by atoms with van der Waals surface area (Å²) >= 11 is 1.48. The first-order valence-corrected chi connectivity index (χ1v) is 8.02. The Kier molecular flexibility index (Phi) is 4.24. The second kappa shape index (κ2) is 6.31. The van der Waals surface area contributed by atoms with Gasteiger partial charge in [-0.2, -0.15) is 0 Å². The molecular weight excluding hydrogens is 304 g/mol. The minimum absolute atomic E-state index is 0.0881. The van der Waals surface area contributed by atoms with Gasteiger partial charge in [-0.15, -0.1) is 0 Å². The number of carbonyl (C=O) groups excluding carboxylic acids is 1. The Morgan fingerprint density at radius 1 is 1.45 bits per heavy atom. The Bertz CT molecular complexity index is 731. The van der Waals surface area contributed by atoms with Crippen LogP contribution in [0, 0.1) is 0 Å². The van der Waals surface area contributed by atoms with Gasteiger partial charge in [0.25, 0.3) is 0 Å². The lowest BCUT2D eigenvalue weighted by molar-refractivity contribution is 0.0522. The van der Waals surface area contributed by atoms with Crippen LogP contribution in [0.1, 0.15) is 30.1 Å². The predicted octanol–water partition coefficient (Wildman–Crippen LogP) is 2.54. The lowest BCUT2D eigenvalue weighted by Crippen LogP contribution is -2.16. The summed E-state index contributed by atoms with van der Waals surface area (Å²) in [7, 11) is 0. The van der Waals surface area contributed by atoms with Gasteiger partial charge in [-0.3, -0.25) is 4.79 Å². The molecule has 0 spiro atoms. The highest BCUT2D eigenvalue weighted by atomic mass is 32.1. The van der Waals surface area contributed by atoms with E-state index in [9.17, 15) is 9.59 Å². The Labute approximate surface area is 131 Å². The highest BCUT2D eigenvalue weighted by Gasteiger charge is 2.18. The molecule has 3 rings (SSSR count). The molecule has 0 bridgehead atoms. The summed E-state index contributed by atoms with van der Waals surface area (Å²) in [5.41, 5.74) is -0.495. The van der Waals surface area contributed by atoms with E-state index in [4.69, 9.17) is 9.15 Å². The van der Waals surface area contributed by atoms with E-state index in [1.165, 1.54) is 30.2 Å². The number of rotatable bonds is 4. The van der Waals surface area contributed by atoms with Gasteiger partial charge < -0.3 is 14.1 Å². The van der Waals surface area contributed by atoms with E-state index in [1.807, 2.05) is 0 Å². The lowest BCUT2D eigenvalue weighted by Gasteiger charge is -2.11. The molecule has 1 fully saturated rings. The number of hydrogen-bond donors (Lipinski definition) is 0. The van der Waals surface area contributed by atoms with Crippen LogP contribution in [-0.4, -0.2) is 30.6 Å². The summed E-state index contributed by atoms with van der Waals surface area (Å²) in [5.74, 6) is -0.245. The molecule has 116 valence electrons. The zero-order valence-electron chi connectivity index (χ0n) is 12.2. The van der Waals surface area contributed by atoms with E-state index in [-0.39, 0.29) is 12.2 Å². The van der Waals surface area contributed by atoms with Gasteiger partial charge in [-0.1, -0.05) is 11.3 Å². The average molecular weight is 320 g/mol. The molecule has 0 aromatic carbocycles. The maximum absolute atomic E-state index is 12.0. The monoisotopic (exact) mass is 320 g/mol. The molecule has 0 radical (unpaired) electrons. The van der Waals surface area contributed by atoms with Crippen molar-refractivity contribution in [3.63, 3.8) is 0 Å². The lowest BCUT2D eigenvalue weighted by atomic mass is 10.2. The molecular formula is C15H16N2O4S. The first kappa shape index (κ1) is 14.8. The predicted molar refractivity (Wildman–Crippen MR) is 83.5 cm³/mol. The maximum atomic E-state index is 12.0. The number of ether oxygens (including phenoxy) is 1. The third-order valence-electron chi connectivity index (χ3n) is 3.44. The summed E-state index contributed by atoms with van der Waals surface area (Å²) in [6.07, 6.45) is 5.21. The van der Waals surface area contributed by atoms with E-state index in [1.54, 1.807) is 13.1 Å². The van der Waals surface area contributed by atoms with E-state index >= 15 is 0 Å². The van der Waals surface area contributed by atoms with E-state index in [0.717, 1.165) is 29.4 Å². The van der Waals surface area contributed by atoms with Crippen LogP contribution >= 0.6 is 11.3 Å². The molecule has 1 aliphatic heterocycles. The van der Waals surface area contributed by atoms with Crippen LogP contribution in [-0.2, 0) is 4.74 Å². The Balaban J connectivity index is 1.85. The second-order valence-electron chi connectivity index (χ2n) is 4.94. The largest absolute Gasteiger partial charge is 0.462 e. The molecule has 0 unspecified atom stereocenters. The second-order valence-corrected chi connectivity index (χ2v) is 5.95. The molecule has 0 aliphatic carbocycles. The van der Waals surface area contributed by atoms with Crippen molar-refractivity contribution < 1.29 is 13.9 Å². The molecule has 2 aromatic rings. The van der Waals surface area contributed by atoms with Crippen molar-refractivity contribution in [1.82, 2.24) is 4.98 Å². The fourth-order valence-corrected chi connectivity index (χ4v) is 3.26. The molecule has 0 amide bonds. The molecule has 1 saturated heterocycles. The highest BCUT2D eigenvalue weighted by Crippen LogP contribution is 2.32. The van der Waals surface area contributed by atoms with E-state index in [0.29, 0.717) is 5.76 Å². The summed E-state index contributed by atoms with van der Waals surface area (Å²) in [4.78, 5) is 31.0. The van der Waals surface area contributed by atoms with Crippen molar-refractivity contribution in [3.05, 3.63) is 34.3 Å². The third kappa shape index (κ3) is 2.89. The molecule has 6 nitrogen and oxygen atoms in total. The number of nitrogens with zero attached hydrogens (tertiary/aromatic N) is 2.